The largest absolute Gasteiger partial charge is 0.497 e. The topological polar surface area (TPSA) is 65.7 Å². The highest BCUT2D eigenvalue weighted by molar-refractivity contribution is 6.18. The van der Waals surface area contributed by atoms with Gasteiger partial charge in [-0.3, -0.25) is 4.79 Å². The van der Waals surface area contributed by atoms with E-state index in [0.29, 0.717) is 38.8 Å². The molecule has 5 nitrogen and oxygen atoms in total. The summed E-state index contributed by atoms with van der Waals surface area (Å²) in [4.78, 5) is 24.2. The van der Waals surface area contributed by atoms with Crippen LogP contribution in [0, 0.1) is 0 Å². The average Bonchev–Trinajstić information content (AvgIpc) is 2.53. The van der Waals surface area contributed by atoms with Gasteiger partial charge in [-0.25, -0.2) is 4.79 Å². The van der Waals surface area contributed by atoms with Gasteiger partial charge < -0.3 is 13.9 Å². The molecular weight excluding hydrogens is 284 g/mol. The molecule has 0 fully saturated rings. The quantitative estimate of drug-likeness (QED) is 0.422. The molecule has 0 spiro atoms. The van der Waals surface area contributed by atoms with E-state index < -0.39 is 5.63 Å². The summed E-state index contributed by atoms with van der Waals surface area (Å²) in [5.41, 5.74) is 0.239. The van der Waals surface area contributed by atoms with Gasteiger partial charge in [-0.05, 0) is 25.1 Å². The van der Waals surface area contributed by atoms with Gasteiger partial charge in [0.1, 0.15) is 17.1 Å². The van der Waals surface area contributed by atoms with Crippen molar-refractivity contribution in [3.8, 4) is 11.5 Å². The van der Waals surface area contributed by atoms with E-state index in [4.69, 9.17) is 13.9 Å². The van der Waals surface area contributed by atoms with Crippen LogP contribution >= 0.6 is 0 Å². The minimum Gasteiger partial charge on any atom is -0.497 e. The van der Waals surface area contributed by atoms with E-state index in [1.54, 1.807) is 30.3 Å². The maximum atomic E-state index is 12.2. The van der Waals surface area contributed by atoms with Crippen LogP contribution in [0.25, 0.3) is 21.7 Å². The first-order valence-electron chi connectivity index (χ1n) is 6.69. The maximum Gasteiger partial charge on any atom is 0.344 e. The van der Waals surface area contributed by atoms with Crippen molar-refractivity contribution in [2.24, 2.45) is 0 Å². The normalized spacial score (nSPS) is 10.9. The molecule has 0 radical (unpaired) electrons. The SMILES string of the molecule is COc1cc(C(C)=O)c2c(c1)oc(=O)c1cccc(OC)c12. The molecule has 112 valence electrons. The molecule has 0 unspecified atom stereocenters. The number of carbonyl (C=O) groups is 1. The number of carbonyl (C=O) groups excluding carboxylic acids is 1. The Bertz CT molecular complexity index is 953. The summed E-state index contributed by atoms with van der Waals surface area (Å²) in [5.74, 6) is 0.822. The van der Waals surface area contributed by atoms with Gasteiger partial charge in [0.2, 0.25) is 0 Å². The van der Waals surface area contributed by atoms with Crippen LogP contribution in [-0.2, 0) is 0 Å². The van der Waals surface area contributed by atoms with Crippen molar-refractivity contribution in [3.05, 3.63) is 46.3 Å². The highest BCUT2D eigenvalue weighted by Crippen LogP contribution is 2.35. The lowest BCUT2D eigenvalue weighted by Crippen LogP contribution is -2.04. The predicted molar refractivity (Wildman–Crippen MR) is 83.1 cm³/mol. The van der Waals surface area contributed by atoms with Crippen LogP contribution in [0.2, 0.25) is 0 Å². The minimum absolute atomic E-state index is 0.148. The van der Waals surface area contributed by atoms with Crippen molar-refractivity contribution < 1.29 is 18.7 Å². The van der Waals surface area contributed by atoms with Gasteiger partial charge in [-0.2, -0.15) is 0 Å². The molecule has 3 aromatic rings. The zero-order valence-electron chi connectivity index (χ0n) is 12.4. The Hall–Kier alpha value is -2.82. The molecule has 22 heavy (non-hydrogen) atoms. The van der Waals surface area contributed by atoms with E-state index in [-0.39, 0.29) is 5.78 Å². The Morgan fingerprint density at radius 3 is 2.50 bits per heavy atom. The molecule has 0 atom stereocenters. The second-order valence-electron chi connectivity index (χ2n) is 4.88. The Morgan fingerprint density at radius 2 is 1.86 bits per heavy atom. The number of hydrogen-bond acceptors (Lipinski definition) is 5. The fourth-order valence-electron chi connectivity index (χ4n) is 2.61. The molecule has 0 saturated carbocycles. The van der Waals surface area contributed by atoms with E-state index in [0.717, 1.165) is 0 Å². The summed E-state index contributed by atoms with van der Waals surface area (Å²) < 4.78 is 15.9. The molecule has 0 saturated heterocycles. The third-order valence-electron chi connectivity index (χ3n) is 3.61. The van der Waals surface area contributed by atoms with Gasteiger partial charge in [0.15, 0.2) is 5.78 Å². The summed E-state index contributed by atoms with van der Waals surface area (Å²) in [6, 6.07) is 8.33. The molecule has 5 heteroatoms. The first-order valence-corrected chi connectivity index (χ1v) is 6.69. The molecule has 0 bridgehead atoms. The van der Waals surface area contributed by atoms with Crippen molar-refractivity contribution in [1.82, 2.24) is 0 Å². The number of benzene rings is 2. The summed E-state index contributed by atoms with van der Waals surface area (Å²) >= 11 is 0. The third kappa shape index (κ3) is 2.02. The smallest absolute Gasteiger partial charge is 0.344 e. The number of ether oxygens (including phenoxy) is 2. The number of ketones is 1. The fourth-order valence-corrected chi connectivity index (χ4v) is 2.61. The summed E-state index contributed by atoms with van der Waals surface area (Å²) in [7, 11) is 3.01. The first kappa shape index (κ1) is 14.1. The Morgan fingerprint density at radius 1 is 1.09 bits per heavy atom. The van der Waals surface area contributed by atoms with Gasteiger partial charge in [0.05, 0.1) is 19.6 Å². The van der Waals surface area contributed by atoms with Crippen molar-refractivity contribution in [2.75, 3.05) is 14.2 Å². The zero-order chi connectivity index (χ0) is 15.9. The molecular formula is C17H14O5. The zero-order valence-corrected chi connectivity index (χ0v) is 12.4. The lowest BCUT2D eigenvalue weighted by Gasteiger charge is -2.11. The highest BCUT2D eigenvalue weighted by Gasteiger charge is 2.18. The molecule has 0 amide bonds. The second-order valence-corrected chi connectivity index (χ2v) is 4.88. The molecule has 0 aliphatic rings. The number of hydrogen-bond donors (Lipinski definition) is 0. The van der Waals surface area contributed by atoms with Crippen LogP contribution in [0.1, 0.15) is 17.3 Å². The summed E-state index contributed by atoms with van der Waals surface area (Å²) in [5, 5.41) is 1.50. The van der Waals surface area contributed by atoms with Crippen LogP contribution in [0.4, 0.5) is 0 Å². The van der Waals surface area contributed by atoms with Crippen molar-refractivity contribution >= 4 is 27.5 Å². The molecule has 1 aromatic heterocycles. The van der Waals surface area contributed by atoms with E-state index in [9.17, 15) is 9.59 Å². The maximum absolute atomic E-state index is 12.2. The summed E-state index contributed by atoms with van der Waals surface area (Å²) in [6.45, 7) is 1.46. The van der Waals surface area contributed by atoms with Crippen LogP contribution < -0.4 is 15.1 Å². The molecule has 2 aromatic carbocycles. The number of methoxy groups -OCH3 is 2. The van der Waals surface area contributed by atoms with Crippen molar-refractivity contribution in [2.45, 2.75) is 6.92 Å². The van der Waals surface area contributed by atoms with Crippen LogP contribution in [0.5, 0.6) is 11.5 Å². The van der Waals surface area contributed by atoms with Gasteiger partial charge in [0, 0.05) is 22.4 Å². The van der Waals surface area contributed by atoms with Crippen molar-refractivity contribution in [3.63, 3.8) is 0 Å². The van der Waals surface area contributed by atoms with Crippen LogP contribution in [0.15, 0.2) is 39.5 Å². The minimum atomic E-state index is -0.482. The predicted octanol–water partition coefficient (Wildman–Crippen LogP) is 3.17. The van der Waals surface area contributed by atoms with E-state index in [1.165, 1.54) is 21.1 Å². The van der Waals surface area contributed by atoms with Gasteiger partial charge in [0.25, 0.3) is 0 Å². The molecule has 3 rings (SSSR count). The fraction of sp³-hybridized carbons (Fsp3) is 0.176. The lowest BCUT2D eigenvalue weighted by atomic mass is 9.99. The first-order chi connectivity index (χ1) is 10.6. The van der Waals surface area contributed by atoms with Gasteiger partial charge >= 0.3 is 5.63 Å². The van der Waals surface area contributed by atoms with Crippen molar-refractivity contribution in [1.29, 1.82) is 0 Å². The van der Waals surface area contributed by atoms with Gasteiger partial charge in [-0.15, -0.1) is 0 Å². The van der Waals surface area contributed by atoms with E-state index in [1.807, 2.05) is 0 Å². The number of Topliss-reactive ketones (excluding diaryl/α,β-unsaturated/α-hetero) is 1. The summed E-state index contributed by atoms with van der Waals surface area (Å²) in [6.07, 6.45) is 0. The Kier molecular flexibility index (Phi) is 3.33. The van der Waals surface area contributed by atoms with E-state index >= 15 is 0 Å². The molecule has 0 aliphatic carbocycles. The monoisotopic (exact) mass is 298 g/mol. The molecule has 1 heterocycles. The van der Waals surface area contributed by atoms with Gasteiger partial charge in [-0.1, -0.05) is 6.07 Å². The lowest BCUT2D eigenvalue weighted by molar-refractivity contribution is 0.101. The number of fused-ring (bicyclic) bond motifs is 3. The molecule has 0 N–H and O–H groups in total. The highest BCUT2D eigenvalue weighted by atomic mass is 16.5. The average molecular weight is 298 g/mol. The van der Waals surface area contributed by atoms with E-state index in [2.05, 4.69) is 0 Å². The van der Waals surface area contributed by atoms with Crippen LogP contribution in [-0.4, -0.2) is 20.0 Å². The standard InChI is InChI=1S/C17H14O5/c1-9(18)12-7-10(20-2)8-14-16(12)15-11(17(19)22-14)5-4-6-13(15)21-3/h4-8H,1-3H3. The Balaban J connectivity index is 2.65. The Labute approximate surface area is 126 Å². The van der Waals surface area contributed by atoms with Crippen LogP contribution in [0.3, 0.4) is 0 Å². The second kappa shape index (κ2) is 5.18. The molecule has 0 aliphatic heterocycles. The third-order valence-corrected chi connectivity index (χ3v) is 3.61. The number of rotatable bonds is 3.